The average Bonchev–Trinajstić information content (AvgIpc) is 2.56. The van der Waals surface area contributed by atoms with Crippen molar-refractivity contribution in [2.75, 3.05) is 44.7 Å². The van der Waals surface area contributed by atoms with Gasteiger partial charge in [0.25, 0.3) is 0 Å². The van der Waals surface area contributed by atoms with Gasteiger partial charge in [0.2, 0.25) is 0 Å². The van der Waals surface area contributed by atoms with Gasteiger partial charge < -0.3 is 15.4 Å². The van der Waals surface area contributed by atoms with Crippen molar-refractivity contribution >= 4 is 40.3 Å². The number of benzene rings is 1. The standard InChI is InChI=1S/C15H23N5OS2/c1-12-2-4-13(5-3-12)17-15(23)19-18-14(22)16-6-7-20-8-10-21-11-9-20/h2-5H,6-11H2,1H3,(H2,16,18,22)(H2,17,19,23). The van der Waals surface area contributed by atoms with Gasteiger partial charge in [-0.15, -0.1) is 0 Å². The lowest BCUT2D eigenvalue weighted by Crippen LogP contribution is -2.50. The van der Waals surface area contributed by atoms with Crippen molar-refractivity contribution in [3.8, 4) is 0 Å². The van der Waals surface area contributed by atoms with Crippen LogP contribution in [0.1, 0.15) is 5.56 Å². The third-order valence-corrected chi connectivity index (χ3v) is 3.87. The lowest BCUT2D eigenvalue weighted by atomic mass is 10.2. The van der Waals surface area contributed by atoms with Gasteiger partial charge in [-0.1, -0.05) is 17.7 Å². The highest BCUT2D eigenvalue weighted by atomic mass is 32.1. The summed E-state index contributed by atoms with van der Waals surface area (Å²) < 4.78 is 5.32. The summed E-state index contributed by atoms with van der Waals surface area (Å²) >= 11 is 10.4. The van der Waals surface area contributed by atoms with Gasteiger partial charge in [0, 0.05) is 31.9 Å². The van der Waals surface area contributed by atoms with Crippen molar-refractivity contribution in [2.45, 2.75) is 6.92 Å². The molecule has 1 aromatic rings. The summed E-state index contributed by atoms with van der Waals surface area (Å²) in [6.45, 7) is 7.34. The zero-order chi connectivity index (χ0) is 16.5. The number of anilines is 1. The minimum atomic E-state index is 0.464. The normalized spacial score (nSPS) is 14.8. The molecule has 0 unspecified atom stereocenters. The van der Waals surface area contributed by atoms with Crippen molar-refractivity contribution in [1.82, 2.24) is 21.1 Å². The van der Waals surface area contributed by atoms with Crippen LogP contribution in [0.5, 0.6) is 0 Å². The lowest BCUT2D eigenvalue weighted by Gasteiger charge is -2.26. The van der Waals surface area contributed by atoms with Gasteiger partial charge in [0.15, 0.2) is 10.2 Å². The molecule has 1 aliphatic heterocycles. The number of hydrogen-bond acceptors (Lipinski definition) is 4. The van der Waals surface area contributed by atoms with Gasteiger partial charge in [0.05, 0.1) is 13.2 Å². The molecule has 0 spiro atoms. The van der Waals surface area contributed by atoms with E-state index >= 15 is 0 Å². The smallest absolute Gasteiger partial charge is 0.189 e. The van der Waals surface area contributed by atoms with Crippen LogP contribution in [0.3, 0.4) is 0 Å². The molecule has 4 N–H and O–H groups in total. The number of nitrogens with zero attached hydrogens (tertiary/aromatic N) is 1. The predicted molar refractivity (Wildman–Crippen MR) is 102 cm³/mol. The molecule has 1 aromatic carbocycles. The van der Waals surface area contributed by atoms with Crippen molar-refractivity contribution in [3.63, 3.8) is 0 Å². The van der Waals surface area contributed by atoms with E-state index in [0.717, 1.165) is 45.1 Å². The maximum absolute atomic E-state index is 5.32. The Hall–Kier alpha value is -1.48. The molecule has 0 amide bonds. The third kappa shape index (κ3) is 7.08. The highest BCUT2D eigenvalue weighted by Gasteiger charge is 2.09. The molecule has 0 atom stereocenters. The van der Waals surface area contributed by atoms with E-state index in [1.807, 2.05) is 31.2 Å². The second kappa shape index (κ2) is 9.61. The maximum atomic E-state index is 5.32. The van der Waals surface area contributed by atoms with Crippen LogP contribution in [0.2, 0.25) is 0 Å². The highest BCUT2D eigenvalue weighted by Crippen LogP contribution is 2.07. The van der Waals surface area contributed by atoms with Crippen LogP contribution in [-0.4, -0.2) is 54.5 Å². The van der Waals surface area contributed by atoms with Crippen LogP contribution in [-0.2, 0) is 4.74 Å². The monoisotopic (exact) mass is 353 g/mol. The topological polar surface area (TPSA) is 60.6 Å². The Balaban J connectivity index is 1.58. The van der Waals surface area contributed by atoms with Crippen LogP contribution in [0.4, 0.5) is 5.69 Å². The number of thiocarbonyl (C=S) groups is 2. The third-order valence-electron chi connectivity index (χ3n) is 3.42. The summed E-state index contributed by atoms with van der Waals surface area (Å²) in [7, 11) is 0. The van der Waals surface area contributed by atoms with Gasteiger partial charge in [-0.25, -0.2) is 0 Å². The molecular weight excluding hydrogens is 330 g/mol. The molecule has 0 aromatic heterocycles. The summed E-state index contributed by atoms with van der Waals surface area (Å²) in [5, 5.41) is 7.21. The van der Waals surface area contributed by atoms with E-state index in [4.69, 9.17) is 29.2 Å². The first-order chi connectivity index (χ1) is 11.1. The molecule has 1 aliphatic rings. The van der Waals surface area contributed by atoms with E-state index in [2.05, 4.69) is 26.4 Å². The molecule has 0 bridgehead atoms. The van der Waals surface area contributed by atoms with E-state index in [1.165, 1.54) is 5.56 Å². The van der Waals surface area contributed by atoms with Gasteiger partial charge in [-0.05, 0) is 43.5 Å². The fraction of sp³-hybridized carbons (Fsp3) is 0.467. The maximum Gasteiger partial charge on any atom is 0.189 e. The largest absolute Gasteiger partial charge is 0.379 e. The number of hydrogen-bond donors (Lipinski definition) is 4. The van der Waals surface area contributed by atoms with Crippen LogP contribution in [0.15, 0.2) is 24.3 Å². The second-order valence-electron chi connectivity index (χ2n) is 5.28. The first-order valence-corrected chi connectivity index (χ1v) is 8.43. The van der Waals surface area contributed by atoms with Gasteiger partial charge in [0.1, 0.15) is 0 Å². The van der Waals surface area contributed by atoms with Gasteiger partial charge in [-0.3, -0.25) is 15.8 Å². The number of aryl methyl sites for hydroxylation is 1. The van der Waals surface area contributed by atoms with E-state index in [-0.39, 0.29) is 0 Å². The second-order valence-corrected chi connectivity index (χ2v) is 6.10. The summed E-state index contributed by atoms with van der Waals surface area (Å²) in [5.41, 5.74) is 7.88. The fourth-order valence-corrected chi connectivity index (χ4v) is 2.43. The van der Waals surface area contributed by atoms with Crippen LogP contribution >= 0.6 is 24.4 Å². The number of hydrazine groups is 1. The molecule has 1 saturated heterocycles. The van der Waals surface area contributed by atoms with E-state index < -0.39 is 0 Å². The molecule has 8 heteroatoms. The molecular formula is C15H23N5OS2. The zero-order valence-electron chi connectivity index (χ0n) is 13.2. The molecule has 23 heavy (non-hydrogen) atoms. The van der Waals surface area contributed by atoms with Gasteiger partial charge >= 0.3 is 0 Å². The zero-order valence-corrected chi connectivity index (χ0v) is 14.9. The summed E-state index contributed by atoms with van der Waals surface area (Å²) in [6, 6.07) is 8.00. The molecule has 1 fully saturated rings. The number of nitrogens with one attached hydrogen (secondary N) is 4. The van der Waals surface area contributed by atoms with Crippen molar-refractivity contribution in [1.29, 1.82) is 0 Å². The Kier molecular flexibility index (Phi) is 7.47. The Morgan fingerprint density at radius 3 is 2.43 bits per heavy atom. The fourth-order valence-electron chi connectivity index (χ4n) is 2.11. The molecule has 6 nitrogen and oxygen atoms in total. The van der Waals surface area contributed by atoms with E-state index in [1.54, 1.807) is 0 Å². The van der Waals surface area contributed by atoms with Crippen molar-refractivity contribution in [2.24, 2.45) is 0 Å². The Bertz CT molecular complexity index is 517. The summed E-state index contributed by atoms with van der Waals surface area (Å²) in [4.78, 5) is 2.34. The van der Waals surface area contributed by atoms with Crippen LogP contribution in [0, 0.1) is 6.92 Å². The van der Waals surface area contributed by atoms with Crippen molar-refractivity contribution in [3.05, 3.63) is 29.8 Å². The summed E-state index contributed by atoms with van der Waals surface area (Å²) in [5.74, 6) is 0. The number of rotatable bonds is 4. The Morgan fingerprint density at radius 2 is 1.74 bits per heavy atom. The molecule has 1 heterocycles. The molecule has 0 radical (unpaired) electrons. The van der Waals surface area contributed by atoms with Gasteiger partial charge in [-0.2, -0.15) is 0 Å². The van der Waals surface area contributed by atoms with E-state index in [0.29, 0.717) is 10.2 Å². The minimum Gasteiger partial charge on any atom is -0.379 e. The highest BCUT2D eigenvalue weighted by molar-refractivity contribution is 7.80. The van der Waals surface area contributed by atoms with Crippen LogP contribution < -0.4 is 21.5 Å². The van der Waals surface area contributed by atoms with Crippen LogP contribution in [0.25, 0.3) is 0 Å². The predicted octanol–water partition coefficient (Wildman–Crippen LogP) is 0.993. The quantitative estimate of drug-likeness (QED) is 0.472. The Morgan fingerprint density at radius 1 is 1.09 bits per heavy atom. The SMILES string of the molecule is Cc1ccc(NC(=S)NNC(=S)NCCN2CCOCC2)cc1. The first-order valence-electron chi connectivity index (χ1n) is 7.61. The molecule has 126 valence electrons. The summed E-state index contributed by atoms with van der Waals surface area (Å²) in [6.07, 6.45) is 0. The lowest BCUT2D eigenvalue weighted by molar-refractivity contribution is 0.0389. The first kappa shape index (κ1) is 17.9. The number of morpholine rings is 1. The van der Waals surface area contributed by atoms with Crippen molar-refractivity contribution < 1.29 is 4.74 Å². The number of ether oxygens (including phenoxy) is 1. The van der Waals surface area contributed by atoms with E-state index in [9.17, 15) is 0 Å². The Labute approximate surface area is 147 Å². The average molecular weight is 354 g/mol. The molecule has 0 saturated carbocycles. The minimum absolute atomic E-state index is 0.464. The molecule has 0 aliphatic carbocycles. The molecule has 2 rings (SSSR count).